The van der Waals surface area contributed by atoms with Gasteiger partial charge >= 0.3 is 0 Å². The molecule has 3 nitrogen and oxygen atoms in total. The molecule has 0 bridgehead atoms. The summed E-state index contributed by atoms with van der Waals surface area (Å²) < 4.78 is 14.9. The standard InChI is InChI=1S/C17H14FN3/c1-2-11-21-16-6-4-3-5-15(16)20-17(21)19-12-13-7-9-14(18)10-8-13/h2-10,12H,1,11H2/b19-12+. The average molecular weight is 279 g/mol. The lowest BCUT2D eigenvalue weighted by molar-refractivity contribution is 0.628. The van der Waals surface area contributed by atoms with E-state index in [-0.39, 0.29) is 5.82 Å². The molecule has 0 atom stereocenters. The Morgan fingerprint density at radius 1 is 1.14 bits per heavy atom. The third-order valence-electron chi connectivity index (χ3n) is 3.15. The summed E-state index contributed by atoms with van der Waals surface area (Å²) >= 11 is 0. The number of aliphatic imine (C=N–C) groups is 1. The summed E-state index contributed by atoms with van der Waals surface area (Å²) in [5.74, 6) is 0.353. The minimum atomic E-state index is -0.258. The smallest absolute Gasteiger partial charge is 0.230 e. The van der Waals surface area contributed by atoms with Gasteiger partial charge in [-0.05, 0) is 29.8 Å². The van der Waals surface area contributed by atoms with Gasteiger partial charge in [0.1, 0.15) is 5.82 Å². The molecule has 4 heteroatoms. The van der Waals surface area contributed by atoms with Crippen LogP contribution in [0.4, 0.5) is 10.3 Å². The van der Waals surface area contributed by atoms with E-state index in [1.54, 1.807) is 18.3 Å². The van der Waals surface area contributed by atoms with E-state index in [0.29, 0.717) is 12.5 Å². The van der Waals surface area contributed by atoms with Crippen LogP contribution in [0.15, 0.2) is 66.2 Å². The molecule has 2 aromatic carbocycles. The monoisotopic (exact) mass is 279 g/mol. The van der Waals surface area contributed by atoms with E-state index < -0.39 is 0 Å². The highest BCUT2D eigenvalue weighted by atomic mass is 19.1. The molecule has 21 heavy (non-hydrogen) atoms. The second kappa shape index (κ2) is 5.71. The number of hydrogen-bond donors (Lipinski definition) is 0. The molecule has 0 aliphatic heterocycles. The molecule has 0 saturated heterocycles. The Bertz CT molecular complexity index is 801. The van der Waals surface area contributed by atoms with E-state index in [0.717, 1.165) is 16.6 Å². The molecule has 0 N–H and O–H groups in total. The van der Waals surface area contributed by atoms with Crippen molar-refractivity contribution in [1.82, 2.24) is 9.55 Å². The maximum Gasteiger partial charge on any atom is 0.230 e. The molecule has 3 rings (SSSR count). The number of fused-ring (bicyclic) bond motifs is 1. The molecule has 0 spiro atoms. The largest absolute Gasteiger partial charge is 0.305 e. The van der Waals surface area contributed by atoms with Gasteiger partial charge in [0, 0.05) is 12.8 Å². The molecule has 0 aliphatic carbocycles. The molecule has 0 unspecified atom stereocenters. The van der Waals surface area contributed by atoms with Crippen LogP contribution in [0.5, 0.6) is 0 Å². The number of aromatic nitrogens is 2. The van der Waals surface area contributed by atoms with Crippen LogP contribution in [-0.2, 0) is 6.54 Å². The second-order valence-corrected chi connectivity index (χ2v) is 4.61. The number of rotatable bonds is 4. The van der Waals surface area contributed by atoms with Gasteiger partial charge in [0.2, 0.25) is 5.95 Å². The number of benzene rings is 2. The first-order chi connectivity index (χ1) is 10.3. The van der Waals surface area contributed by atoms with Crippen LogP contribution < -0.4 is 0 Å². The molecule has 0 aliphatic rings. The van der Waals surface area contributed by atoms with E-state index >= 15 is 0 Å². The Morgan fingerprint density at radius 3 is 2.67 bits per heavy atom. The fraction of sp³-hybridized carbons (Fsp3) is 0.0588. The minimum absolute atomic E-state index is 0.258. The Balaban J connectivity index is 2.01. The number of halogens is 1. The zero-order valence-electron chi connectivity index (χ0n) is 11.4. The molecule has 1 aromatic heterocycles. The maximum absolute atomic E-state index is 12.9. The summed E-state index contributed by atoms with van der Waals surface area (Å²) in [6.45, 7) is 4.40. The van der Waals surface area contributed by atoms with E-state index in [1.807, 2.05) is 34.9 Å². The first kappa shape index (κ1) is 13.2. The lowest BCUT2D eigenvalue weighted by Gasteiger charge is -2.01. The Morgan fingerprint density at radius 2 is 1.90 bits per heavy atom. The predicted octanol–water partition coefficient (Wildman–Crippen LogP) is 4.11. The summed E-state index contributed by atoms with van der Waals surface area (Å²) in [6.07, 6.45) is 3.49. The molecule has 104 valence electrons. The summed E-state index contributed by atoms with van der Waals surface area (Å²) in [6, 6.07) is 14.0. The zero-order valence-corrected chi connectivity index (χ0v) is 11.4. The highest BCUT2D eigenvalue weighted by Crippen LogP contribution is 2.21. The lowest BCUT2D eigenvalue weighted by Crippen LogP contribution is -1.94. The molecule has 0 amide bonds. The van der Waals surface area contributed by atoms with Crippen molar-refractivity contribution in [2.45, 2.75) is 6.54 Å². The van der Waals surface area contributed by atoms with Crippen LogP contribution >= 0.6 is 0 Å². The van der Waals surface area contributed by atoms with Gasteiger partial charge in [-0.1, -0.05) is 30.3 Å². The van der Waals surface area contributed by atoms with Gasteiger partial charge in [-0.3, -0.25) is 0 Å². The van der Waals surface area contributed by atoms with Crippen LogP contribution in [0, 0.1) is 5.82 Å². The number of nitrogens with zero attached hydrogens (tertiary/aromatic N) is 3. The molecule has 3 aromatic rings. The van der Waals surface area contributed by atoms with Crippen LogP contribution in [0.1, 0.15) is 5.56 Å². The van der Waals surface area contributed by atoms with Gasteiger partial charge in [0.05, 0.1) is 11.0 Å². The third-order valence-corrected chi connectivity index (χ3v) is 3.15. The van der Waals surface area contributed by atoms with E-state index in [9.17, 15) is 4.39 Å². The van der Waals surface area contributed by atoms with Crippen LogP contribution in [-0.4, -0.2) is 15.8 Å². The normalized spacial score (nSPS) is 11.3. The molecular weight excluding hydrogens is 265 g/mol. The highest BCUT2D eigenvalue weighted by molar-refractivity contribution is 5.83. The van der Waals surface area contributed by atoms with E-state index in [1.165, 1.54) is 12.1 Å². The van der Waals surface area contributed by atoms with Crippen LogP contribution in [0.25, 0.3) is 11.0 Å². The first-order valence-electron chi connectivity index (χ1n) is 6.64. The van der Waals surface area contributed by atoms with Crippen molar-refractivity contribution in [3.05, 3.63) is 72.6 Å². The molecule has 0 radical (unpaired) electrons. The highest BCUT2D eigenvalue weighted by Gasteiger charge is 2.07. The first-order valence-corrected chi connectivity index (χ1v) is 6.64. The lowest BCUT2D eigenvalue weighted by atomic mass is 10.2. The molecule has 0 saturated carbocycles. The van der Waals surface area contributed by atoms with Gasteiger partial charge in [-0.15, -0.1) is 6.58 Å². The van der Waals surface area contributed by atoms with Crippen molar-refractivity contribution in [2.75, 3.05) is 0 Å². The van der Waals surface area contributed by atoms with Crippen molar-refractivity contribution in [3.8, 4) is 0 Å². The minimum Gasteiger partial charge on any atom is -0.305 e. The second-order valence-electron chi connectivity index (χ2n) is 4.61. The molecule has 1 heterocycles. The number of para-hydroxylation sites is 2. The predicted molar refractivity (Wildman–Crippen MR) is 83.6 cm³/mol. The fourth-order valence-corrected chi connectivity index (χ4v) is 2.15. The number of allylic oxidation sites excluding steroid dienone is 1. The van der Waals surface area contributed by atoms with Crippen LogP contribution in [0.2, 0.25) is 0 Å². The summed E-state index contributed by atoms with van der Waals surface area (Å²) in [7, 11) is 0. The Hall–Kier alpha value is -2.75. The van der Waals surface area contributed by atoms with Gasteiger partial charge in [-0.25, -0.2) is 14.4 Å². The number of imidazole rings is 1. The average Bonchev–Trinajstić information content (AvgIpc) is 2.85. The van der Waals surface area contributed by atoms with Crippen molar-refractivity contribution >= 4 is 23.2 Å². The SMILES string of the molecule is C=CCn1c(/N=C/c2ccc(F)cc2)nc2ccccc21. The van der Waals surface area contributed by atoms with Crippen molar-refractivity contribution in [1.29, 1.82) is 0 Å². The fourth-order valence-electron chi connectivity index (χ4n) is 2.15. The molecule has 0 fully saturated rings. The number of hydrogen-bond acceptors (Lipinski definition) is 2. The maximum atomic E-state index is 12.9. The quantitative estimate of drug-likeness (QED) is 0.522. The van der Waals surface area contributed by atoms with Gasteiger partial charge in [0.15, 0.2) is 0 Å². The zero-order chi connectivity index (χ0) is 14.7. The van der Waals surface area contributed by atoms with Gasteiger partial charge in [0.25, 0.3) is 0 Å². The molecular formula is C17H14FN3. The Kier molecular flexibility index (Phi) is 3.60. The summed E-state index contributed by atoms with van der Waals surface area (Å²) in [5.41, 5.74) is 2.74. The summed E-state index contributed by atoms with van der Waals surface area (Å²) in [5, 5.41) is 0. The van der Waals surface area contributed by atoms with Gasteiger partial charge in [-0.2, -0.15) is 0 Å². The van der Waals surface area contributed by atoms with Crippen LogP contribution in [0.3, 0.4) is 0 Å². The van der Waals surface area contributed by atoms with Gasteiger partial charge < -0.3 is 4.57 Å². The van der Waals surface area contributed by atoms with E-state index in [4.69, 9.17) is 0 Å². The van der Waals surface area contributed by atoms with Crippen molar-refractivity contribution < 1.29 is 4.39 Å². The summed E-state index contributed by atoms with van der Waals surface area (Å²) in [4.78, 5) is 8.93. The van der Waals surface area contributed by atoms with E-state index in [2.05, 4.69) is 16.6 Å². The topological polar surface area (TPSA) is 30.2 Å². The Labute approximate surface area is 122 Å². The van der Waals surface area contributed by atoms with Crippen molar-refractivity contribution in [3.63, 3.8) is 0 Å². The van der Waals surface area contributed by atoms with Crippen molar-refractivity contribution in [2.24, 2.45) is 4.99 Å². The third kappa shape index (κ3) is 2.74.